The Bertz CT molecular complexity index is 689. The maximum Gasteiger partial charge on any atom is 0.414 e. The number of amides is 1. The van der Waals surface area contributed by atoms with Crippen LogP contribution in [0.4, 0.5) is 14.9 Å². The van der Waals surface area contributed by atoms with Gasteiger partial charge in [0.25, 0.3) is 0 Å². The van der Waals surface area contributed by atoms with Crippen LogP contribution in [-0.4, -0.2) is 55.1 Å². The molecule has 28 heavy (non-hydrogen) atoms. The summed E-state index contributed by atoms with van der Waals surface area (Å²) in [5.41, 5.74) is 1.31. The van der Waals surface area contributed by atoms with Gasteiger partial charge < -0.3 is 19.6 Å². The third-order valence-corrected chi connectivity index (χ3v) is 6.32. The first kappa shape index (κ1) is 20.6. The smallest absolute Gasteiger partial charge is 0.414 e. The van der Waals surface area contributed by atoms with Crippen molar-refractivity contribution in [1.29, 1.82) is 0 Å². The number of carboxylic acid groups (broad SMARTS) is 1. The Morgan fingerprint density at radius 3 is 2.79 bits per heavy atom. The number of aryl methyl sites for hydroxylation is 1. The van der Waals surface area contributed by atoms with E-state index in [0.717, 1.165) is 38.1 Å². The molecule has 3 rings (SSSR count). The van der Waals surface area contributed by atoms with Gasteiger partial charge in [-0.3, -0.25) is 4.72 Å². The first-order valence-electron chi connectivity index (χ1n) is 9.65. The molecule has 154 valence electrons. The fourth-order valence-electron chi connectivity index (χ4n) is 3.97. The van der Waals surface area contributed by atoms with E-state index in [0.29, 0.717) is 35.3 Å². The van der Waals surface area contributed by atoms with Crippen molar-refractivity contribution in [3.8, 4) is 0 Å². The maximum atomic E-state index is 14.9. The number of hydrogen-bond donors (Lipinski definition) is 2. The molecule has 2 saturated heterocycles. The summed E-state index contributed by atoms with van der Waals surface area (Å²) in [4.78, 5) is 14.9. The van der Waals surface area contributed by atoms with Gasteiger partial charge in [-0.15, -0.1) is 0 Å². The summed E-state index contributed by atoms with van der Waals surface area (Å²) in [5, 5.41) is 8.58. The molecule has 0 aromatic heterocycles. The van der Waals surface area contributed by atoms with Crippen LogP contribution in [0.3, 0.4) is 0 Å². The zero-order valence-corrected chi connectivity index (χ0v) is 17.0. The minimum atomic E-state index is -1.08. The average Bonchev–Trinajstić information content (AvgIpc) is 2.65. The zero-order valence-electron chi connectivity index (χ0n) is 16.1. The van der Waals surface area contributed by atoms with Crippen LogP contribution < -0.4 is 9.62 Å². The van der Waals surface area contributed by atoms with Crippen LogP contribution in [0.2, 0.25) is 0 Å². The number of nitrogens with zero attached hydrogens (tertiary/aromatic N) is 2. The van der Waals surface area contributed by atoms with Crippen LogP contribution >= 0.6 is 11.9 Å². The summed E-state index contributed by atoms with van der Waals surface area (Å²) in [5.74, 6) is 1.67. The SMILES string of the molecule is COC=CN1CCC(C2CN(c3cccc(CCSNC(=O)O)c3F)C2)CC1. The number of nitrogens with one attached hydrogen (secondary N) is 1. The molecule has 8 heteroatoms. The summed E-state index contributed by atoms with van der Waals surface area (Å²) in [6.07, 6.45) is 5.49. The number of ether oxygens (including phenoxy) is 1. The summed E-state index contributed by atoms with van der Waals surface area (Å²) >= 11 is 1.08. The molecule has 0 saturated carbocycles. The Labute approximate surface area is 169 Å². The minimum Gasteiger partial charge on any atom is -0.503 e. The van der Waals surface area contributed by atoms with Crippen molar-refractivity contribution >= 4 is 23.7 Å². The van der Waals surface area contributed by atoms with Gasteiger partial charge in [0.15, 0.2) is 0 Å². The molecule has 0 aliphatic carbocycles. The highest BCUT2D eigenvalue weighted by molar-refractivity contribution is 7.97. The molecule has 2 N–H and O–H groups in total. The van der Waals surface area contributed by atoms with E-state index in [9.17, 15) is 9.18 Å². The van der Waals surface area contributed by atoms with Crippen LogP contribution in [0.15, 0.2) is 30.7 Å². The molecular weight excluding hydrogens is 381 g/mol. The number of halogens is 1. The maximum absolute atomic E-state index is 14.9. The van der Waals surface area contributed by atoms with Gasteiger partial charge >= 0.3 is 6.09 Å². The lowest BCUT2D eigenvalue weighted by Crippen LogP contribution is -2.52. The summed E-state index contributed by atoms with van der Waals surface area (Å²) in [6, 6.07) is 5.51. The molecule has 2 fully saturated rings. The summed E-state index contributed by atoms with van der Waals surface area (Å²) in [7, 11) is 1.66. The number of carbonyl (C=O) groups is 1. The van der Waals surface area contributed by atoms with E-state index in [4.69, 9.17) is 9.84 Å². The third-order valence-electron chi connectivity index (χ3n) is 5.59. The Hall–Kier alpha value is -2.09. The van der Waals surface area contributed by atoms with Crippen molar-refractivity contribution in [2.75, 3.05) is 43.9 Å². The molecule has 6 nitrogen and oxygen atoms in total. The van der Waals surface area contributed by atoms with Gasteiger partial charge in [-0.1, -0.05) is 12.1 Å². The van der Waals surface area contributed by atoms with Crippen LogP contribution in [0, 0.1) is 17.7 Å². The van der Waals surface area contributed by atoms with Gasteiger partial charge in [-0.25, -0.2) is 9.18 Å². The van der Waals surface area contributed by atoms with Crippen LogP contribution in [-0.2, 0) is 11.2 Å². The molecule has 0 bridgehead atoms. The lowest BCUT2D eigenvalue weighted by Gasteiger charge is -2.47. The van der Waals surface area contributed by atoms with E-state index >= 15 is 0 Å². The normalized spacial score (nSPS) is 18.4. The van der Waals surface area contributed by atoms with E-state index in [1.54, 1.807) is 19.4 Å². The topological polar surface area (TPSA) is 65.0 Å². The summed E-state index contributed by atoms with van der Waals surface area (Å²) in [6.45, 7) is 3.92. The van der Waals surface area contributed by atoms with Gasteiger partial charge in [0.05, 0.1) is 19.1 Å². The molecule has 2 aliphatic rings. The molecule has 1 aromatic rings. The molecule has 1 aromatic carbocycles. The first-order valence-corrected chi connectivity index (χ1v) is 10.6. The molecular formula is C20H28FN3O3S. The Balaban J connectivity index is 1.47. The van der Waals surface area contributed by atoms with Gasteiger partial charge in [-0.05, 0) is 54.7 Å². The molecule has 0 spiro atoms. The van der Waals surface area contributed by atoms with Crippen LogP contribution in [0.25, 0.3) is 0 Å². The number of benzene rings is 1. The predicted molar refractivity (Wildman–Crippen MR) is 110 cm³/mol. The Morgan fingerprint density at radius 2 is 2.11 bits per heavy atom. The second-order valence-corrected chi connectivity index (χ2v) is 8.22. The van der Waals surface area contributed by atoms with Crippen molar-refractivity contribution in [3.63, 3.8) is 0 Å². The number of likely N-dealkylation sites (tertiary alicyclic amines) is 1. The standard InChI is InChI=1S/C20H28FN3O3S/c1-27-11-10-23-8-5-15(6-9-23)17-13-24(14-17)18-4-2-3-16(19(18)21)7-12-28-22-20(25)26/h2-4,10-11,15,17,22H,5-9,12-14H2,1H3,(H,25,26). The highest BCUT2D eigenvalue weighted by Gasteiger charge is 2.36. The highest BCUT2D eigenvalue weighted by atomic mass is 32.2. The van der Waals surface area contributed by atoms with Crippen molar-refractivity contribution in [1.82, 2.24) is 9.62 Å². The second kappa shape index (κ2) is 9.91. The molecule has 0 atom stereocenters. The average molecular weight is 410 g/mol. The van der Waals surface area contributed by atoms with E-state index in [2.05, 4.69) is 14.5 Å². The number of anilines is 1. The largest absolute Gasteiger partial charge is 0.503 e. The number of hydrogen-bond acceptors (Lipinski definition) is 5. The monoisotopic (exact) mass is 409 g/mol. The zero-order chi connectivity index (χ0) is 19.9. The van der Waals surface area contributed by atoms with Gasteiger partial charge in [0, 0.05) is 38.1 Å². The fourth-order valence-corrected chi connectivity index (χ4v) is 4.52. The number of piperidine rings is 1. The van der Waals surface area contributed by atoms with Crippen molar-refractivity contribution in [3.05, 3.63) is 42.0 Å². The van der Waals surface area contributed by atoms with E-state index in [1.807, 2.05) is 18.3 Å². The quantitative estimate of drug-likeness (QED) is 0.389. The van der Waals surface area contributed by atoms with Crippen LogP contribution in [0.1, 0.15) is 18.4 Å². The van der Waals surface area contributed by atoms with Gasteiger partial charge in [0.2, 0.25) is 0 Å². The predicted octanol–water partition coefficient (Wildman–Crippen LogP) is 3.55. The van der Waals surface area contributed by atoms with Crippen molar-refractivity contribution < 1.29 is 19.0 Å². The molecule has 0 unspecified atom stereocenters. The van der Waals surface area contributed by atoms with Gasteiger partial charge in [-0.2, -0.15) is 0 Å². The molecule has 0 radical (unpaired) electrons. The third kappa shape index (κ3) is 5.25. The lowest BCUT2D eigenvalue weighted by molar-refractivity contribution is 0.161. The fraction of sp³-hybridized carbons (Fsp3) is 0.550. The van der Waals surface area contributed by atoms with E-state index in [-0.39, 0.29) is 5.82 Å². The molecule has 1 amide bonds. The Morgan fingerprint density at radius 1 is 1.36 bits per heavy atom. The number of methoxy groups -OCH3 is 1. The van der Waals surface area contributed by atoms with Gasteiger partial charge in [0.1, 0.15) is 5.82 Å². The lowest BCUT2D eigenvalue weighted by atomic mass is 9.79. The Kier molecular flexibility index (Phi) is 7.30. The minimum absolute atomic E-state index is 0.170. The summed E-state index contributed by atoms with van der Waals surface area (Å²) < 4.78 is 22.1. The molecule has 2 heterocycles. The van der Waals surface area contributed by atoms with Crippen molar-refractivity contribution in [2.45, 2.75) is 19.3 Å². The molecule has 2 aliphatic heterocycles. The second-order valence-electron chi connectivity index (χ2n) is 7.32. The van der Waals surface area contributed by atoms with E-state index < -0.39 is 6.09 Å². The van der Waals surface area contributed by atoms with E-state index in [1.165, 1.54) is 12.8 Å². The first-order chi connectivity index (χ1) is 13.6. The van der Waals surface area contributed by atoms with Crippen molar-refractivity contribution in [2.24, 2.45) is 11.8 Å². The van der Waals surface area contributed by atoms with Crippen LogP contribution in [0.5, 0.6) is 0 Å². The highest BCUT2D eigenvalue weighted by Crippen LogP contribution is 2.36. The number of rotatable bonds is 8.